The van der Waals surface area contributed by atoms with Gasteiger partial charge >= 0.3 is 11.9 Å². The Morgan fingerprint density at radius 2 is 1.66 bits per heavy atom. The highest BCUT2D eigenvalue weighted by Crippen LogP contribution is 2.23. The molecule has 1 aliphatic heterocycles. The maximum absolute atomic E-state index is 12.7. The molecule has 11 nitrogen and oxygen atoms in total. The Bertz CT molecular complexity index is 1130. The Balaban J connectivity index is 0.000000641. The van der Waals surface area contributed by atoms with Gasteiger partial charge in [-0.05, 0) is 44.2 Å². The Morgan fingerprint density at radius 1 is 1.03 bits per heavy atom. The number of benzene rings is 2. The maximum Gasteiger partial charge on any atom is 0.414 e. The van der Waals surface area contributed by atoms with Crippen LogP contribution in [-0.4, -0.2) is 79.5 Å². The Morgan fingerprint density at radius 3 is 2.26 bits per heavy atom. The number of carbonyl (C=O) groups is 3. The largest absolute Gasteiger partial charge is 0.496 e. The number of nitrogens with one attached hydrogen (secondary N) is 1. The summed E-state index contributed by atoms with van der Waals surface area (Å²) in [4.78, 5) is 32.7. The zero-order valence-electron chi connectivity index (χ0n) is 19.5. The number of methoxy groups -OCH3 is 1. The van der Waals surface area contributed by atoms with Crippen LogP contribution < -0.4 is 10.1 Å². The molecular weight excluding hydrogens is 478 g/mol. The lowest BCUT2D eigenvalue weighted by molar-refractivity contribution is -0.159. The van der Waals surface area contributed by atoms with E-state index < -0.39 is 22.0 Å². The van der Waals surface area contributed by atoms with Crippen LogP contribution in [0.25, 0.3) is 0 Å². The minimum absolute atomic E-state index is 0.168. The third kappa shape index (κ3) is 8.35. The van der Waals surface area contributed by atoms with Crippen molar-refractivity contribution < 1.29 is 37.8 Å². The van der Waals surface area contributed by atoms with Gasteiger partial charge in [0.1, 0.15) is 5.75 Å². The predicted octanol–water partition coefficient (Wildman–Crippen LogP) is 1.71. The number of carboxylic acid groups (broad SMARTS) is 2. The van der Waals surface area contributed by atoms with Crippen molar-refractivity contribution >= 4 is 33.6 Å². The number of para-hydroxylation sites is 1. The zero-order chi connectivity index (χ0) is 26.0. The minimum Gasteiger partial charge on any atom is -0.496 e. The average molecular weight is 508 g/mol. The summed E-state index contributed by atoms with van der Waals surface area (Å²) in [5.41, 5.74) is 1.46. The van der Waals surface area contributed by atoms with Crippen LogP contribution in [0.2, 0.25) is 0 Å². The van der Waals surface area contributed by atoms with Gasteiger partial charge in [-0.1, -0.05) is 24.3 Å². The van der Waals surface area contributed by atoms with E-state index in [2.05, 4.69) is 5.32 Å². The molecule has 0 aromatic heterocycles. The van der Waals surface area contributed by atoms with Crippen LogP contribution in [0.1, 0.15) is 18.4 Å². The fourth-order valence-corrected chi connectivity index (χ4v) is 5.00. The Kier molecular flexibility index (Phi) is 10.2. The number of rotatable bonds is 8. The van der Waals surface area contributed by atoms with Crippen molar-refractivity contribution in [1.82, 2.24) is 9.21 Å². The van der Waals surface area contributed by atoms with Crippen LogP contribution in [0, 0.1) is 0 Å². The van der Waals surface area contributed by atoms with Crippen molar-refractivity contribution in [2.24, 2.45) is 0 Å². The number of sulfonamides is 1. The summed E-state index contributed by atoms with van der Waals surface area (Å²) in [6, 6.07) is 14.1. The highest BCUT2D eigenvalue weighted by Gasteiger charge is 2.27. The third-order valence-corrected chi connectivity index (χ3v) is 6.94. The molecule has 0 saturated carbocycles. The lowest BCUT2D eigenvalue weighted by Crippen LogP contribution is -2.30. The van der Waals surface area contributed by atoms with Gasteiger partial charge in [-0.3, -0.25) is 9.69 Å². The summed E-state index contributed by atoms with van der Waals surface area (Å²) in [6.07, 6.45) is 1.77. The smallest absolute Gasteiger partial charge is 0.414 e. The van der Waals surface area contributed by atoms with Gasteiger partial charge in [0.15, 0.2) is 0 Å². The van der Waals surface area contributed by atoms with Crippen molar-refractivity contribution in [3.63, 3.8) is 0 Å². The van der Waals surface area contributed by atoms with E-state index in [0.717, 1.165) is 24.2 Å². The third-order valence-electron chi connectivity index (χ3n) is 5.05. The van der Waals surface area contributed by atoms with Crippen molar-refractivity contribution in [2.75, 3.05) is 39.1 Å². The lowest BCUT2D eigenvalue weighted by atomic mass is 10.2. The highest BCUT2D eigenvalue weighted by atomic mass is 32.2. The number of carboxylic acids is 2. The summed E-state index contributed by atoms with van der Waals surface area (Å²) < 4.78 is 32.3. The second kappa shape index (κ2) is 12.8. The number of carbonyl (C=O) groups excluding carboxylic acids is 1. The molecule has 190 valence electrons. The van der Waals surface area contributed by atoms with E-state index in [9.17, 15) is 13.2 Å². The second-order valence-corrected chi connectivity index (χ2v) is 9.72. The topological polar surface area (TPSA) is 154 Å². The van der Waals surface area contributed by atoms with Crippen molar-refractivity contribution in [2.45, 2.75) is 24.3 Å². The maximum atomic E-state index is 12.7. The van der Waals surface area contributed by atoms with E-state index in [4.69, 9.17) is 24.5 Å². The van der Waals surface area contributed by atoms with E-state index in [1.807, 2.05) is 36.2 Å². The summed E-state index contributed by atoms with van der Waals surface area (Å²) in [7, 11) is -0.0435. The number of ether oxygens (including phenoxy) is 1. The molecule has 1 heterocycles. The SMILES string of the molecule is COc1ccccc1CN(C)CC(=O)Nc1cccc(S(=O)(=O)N2CCCC2)c1.O=C(O)C(=O)O. The van der Waals surface area contributed by atoms with E-state index in [1.165, 1.54) is 10.4 Å². The van der Waals surface area contributed by atoms with Crippen molar-refractivity contribution in [1.29, 1.82) is 0 Å². The van der Waals surface area contributed by atoms with Gasteiger partial charge in [-0.25, -0.2) is 18.0 Å². The molecule has 2 aromatic rings. The van der Waals surface area contributed by atoms with Gasteiger partial charge in [0, 0.05) is 30.9 Å². The van der Waals surface area contributed by atoms with Crippen molar-refractivity contribution in [3.8, 4) is 5.75 Å². The normalized spacial score (nSPS) is 13.6. The van der Waals surface area contributed by atoms with Crippen LogP contribution in [0.4, 0.5) is 5.69 Å². The first kappa shape index (κ1) is 27.8. The molecule has 1 aliphatic rings. The van der Waals surface area contributed by atoms with E-state index in [0.29, 0.717) is 25.3 Å². The fourth-order valence-electron chi connectivity index (χ4n) is 3.44. The van der Waals surface area contributed by atoms with Gasteiger partial charge in [-0.2, -0.15) is 4.31 Å². The van der Waals surface area contributed by atoms with E-state index >= 15 is 0 Å². The number of hydrogen-bond acceptors (Lipinski definition) is 7. The highest BCUT2D eigenvalue weighted by molar-refractivity contribution is 7.89. The molecule has 3 rings (SSSR count). The summed E-state index contributed by atoms with van der Waals surface area (Å²) >= 11 is 0. The molecule has 1 amide bonds. The van der Waals surface area contributed by atoms with Gasteiger partial charge < -0.3 is 20.3 Å². The van der Waals surface area contributed by atoms with Crippen LogP contribution in [0.5, 0.6) is 5.75 Å². The molecular formula is C23H29N3O8S. The summed E-state index contributed by atoms with van der Waals surface area (Å²) in [5, 5.41) is 17.6. The van der Waals surface area contributed by atoms with Crippen LogP contribution in [0.3, 0.4) is 0 Å². The van der Waals surface area contributed by atoms with Crippen LogP contribution in [0.15, 0.2) is 53.4 Å². The van der Waals surface area contributed by atoms with Gasteiger partial charge in [0.2, 0.25) is 15.9 Å². The molecule has 12 heteroatoms. The minimum atomic E-state index is -3.51. The van der Waals surface area contributed by atoms with Crippen LogP contribution in [-0.2, 0) is 31.0 Å². The first-order chi connectivity index (χ1) is 16.5. The molecule has 0 bridgehead atoms. The van der Waals surface area contributed by atoms with Crippen LogP contribution >= 0.6 is 0 Å². The number of hydrogen-bond donors (Lipinski definition) is 3. The average Bonchev–Trinajstić information content (AvgIpc) is 3.36. The molecule has 0 atom stereocenters. The number of aliphatic carboxylic acids is 2. The molecule has 1 saturated heterocycles. The number of amides is 1. The zero-order valence-corrected chi connectivity index (χ0v) is 20.3. The predicted molar refractivity (Wildman–Crippen MR) is 128 cm³/mol. The Labute approximate surface area is 204 Å². The molecule has 0 aliphatic carbocycles. The molecule has 0 unspecified atom stereocenters. The van der Waals surface area contributed by atoms with Gasteiger partial charge in [-0.15, -0.1) is 0 Å². The molecule has 1 fully saturated rings. The molecule has 35 heavy (non-hydrogen) atoms. The lowest BCUT2D eigenvalue weighted by Gasteiger charge is -2.18. The molecule has 0 radical (unpaired) electrons. The number of nitrogens with zero attached hydrogens (tertiary/aromatic N) is 2. The number of anilines is 1. The van der Waals surface area contributed by atoms with E-state index in [-0.39, 0.29) is 17.3 Å². The molecule has 0 spiro atoms. The second-order valence-electron chi connectivity index (χ2n) is 7.78. The number of likely N-dealkylation sites (N-methyl/N-ethyl adjacent to an activating group) is 1. The summed E-state index contributed by atoms with van der Waals surface area (Å²) in [5.74, 6) is -3.08. The van der Waals surface area contributed by atoms with Gasteiger partial charge in [0.25, 0.3) is 0 Å². The van der Waals surface area contributed by atoms with Gasteiger partial charge in [0.05, 0.1) is 18.6 Å². The monoisotopic (exact) mass is 507 g/mol. The van der Waals surface area contributed by atoms with Crippen molar-refractivity contribution in [3.05, 3.63) is 54.1 Å². The standard InChI is InChI=1S/C21H27N3O4S.C2H2O4/c1-23(15-17-8-3-4-11-20(17)28-2)16-21(25)22-18-9-7-10-19(14-18)29(26,27)24-12-5-6-13-24;3-1(4)2(5)6/h3-4,7-11,14H,5-6,12-13,15-16H2,1-2H3,(H,22,25);(H,3,4)(H,5,6). The van der Waals surface area contributed by atoms with E-state index in [1.54, 1.807) is 25.3 Å². The first-order valence-corrected chi connectivity index (χ1v) is 12.2. The fraction of sp³-hybridized carbons (Fsp3) is 0.348. The Hall–Kier alpha value is -3.48. The summed E-state index contributed by atoms with van der Waals surface area (Å²) in [6.45, 7) is 1.82. The molecule has 2 aromatic carbocycles. The quantitative estimate of drug-likeness (QED) is 0.453. The molecule has 3 N–H and O–H groups in total. The first-order valence-electron chi connectivity index (χ1n) is 10.7.